The Morgan fingerprint density at radius 2 is 1.96 bits per heavy atom. The number of para-hydroxylation sites is 1. The molecule has 136 valence electrons. The normalized spacial score (nSPS) is 11.0. The molecule has 7 nitrogen and oxygen atoms in total. The molecular formula is C21H16N6O. The van der Waals surface area contributed by atoms with Crippen molar-refractivity contribution in [3.05, 3.63) is 84.9 Å². The van der Waals surface area contributed by atoms with Crippen LogP contribution in [-0.2, 0) is 0 Å². The summed E-state index contributed by atoms with van der Waals surface area (Å²) in [5.41, 5.74) is 6.97. The summed E-state index contributed by atoms with van der Waals surface area (Å²) in [7, 11) is 0. The summed E-state index contributed by atoms with van der Waals surface area (Å²) in [5.74, 6) is -0.208. The van der Waals surface area contributed by atoms with E-state index in [-0.39, 0.29) is 5.91 Å². The molecule has 5 aromatic rings. The van der Waals surface area contributed by atoms with Crippen molar-refractivity contribution >= 4 is 39.1 Å². The van der Waals surface area contributed by atoms with E-state index in [0.29, 0.717) is 5.56 Å². The van der Waals surface area contributed by atoms with E-state index in [1.807, 2.05) is 48.7 Å². The maximum atomic E-state index is 13.3. The van der Waals surface area contributed by atoms with E-state index in [1.54, 1.807) is 30.7 Å². The molecule has 28 heavy (non-hydrogen) atoms. The van der Waals surface area contributed by atoms with Gasteiger partial charge in [0.05, 0.1) is 34.2 Å². The van der Waals surface area contributed by atoms with Crippen molar-refractivity contribution in [1.29, 1.82) is 0 Å². The number of fused-ring (bicyclic) bond motifs is 2. The Bertz CT molecular complexity index is 1270. The number of benzene rings is 2. The molecule has 0 unspecified atom stereocenters. The topological polar surface area (TPSA) is 89.7 Å². The van der Waals surface area contributed by atoms with Crippen molar-refractivity contribution in [2.45, 2.75) is 0 Å². The fourth-order valence-corrected chi connectivity index (χ4v) is 3.23. The van der Waals surface area contributed by atoms with Gasteiger partial charge in [0, 0.05) is 29.4 Å². The average molecular weight is 368 g/mol. The number of carbonyl (C=O) groups excluding carboxylic acids is 1. The predicted molar refractivity (Wildman–Crippen MR) is 109 cm³/mol. The van der Waals surface area contributed by atoms with Crippen LogP contribution in [0.25, 0.3) is 21.8 Å². The van der Waals surface area contributed by atoms with Crippen LogP contribution in [-0.4, -0.2) is 26.1 Å². The Hall–Kier alpha value is -4.13. The average Bonchev–Trinajstić information content (AvgIpc) is 3.41. The van der Waals surface area contributed by atoms with E-state index < -0.39 is 0 Å². The number of hydrogen-bond donors (Lipinski definition) is 3. The van der Waals surface area contributed by atoms with Gasteiger partial charge in [-0.25, -0.2) is 5.01 Å². The van der Waals surface area contributed by atoms with Gasteiger partial charge in [-0.3, -0.25) is 20.3 Å². The number of hydrogen-bond acceptors (Lipinski definition) is 4. The summed E-state index contributed by atoms with van der Waals surface area (Å²) >= 11 is 0. The summed E-state index contributed by atoms with van der Waals surface area (Å²) < 4.78 is 0. The fourth-order valence-electron chi connectivity index (χ4n) is 3.23. The second kappa shape index (κ2) is 6.55. The minimum Gasteiger partial charge on any atom is -0.359 e. The monoisotopic (exact) mass is 368 g/mol. The maximum Gasteiger partial charge on any atom is 0.278 e. The summed E-state index contributed by atoms with van der Waals surface area (Å²) in [6.07, 6.45) is 6.82. The standard InChI is InChI=1S/C21H16N6O/c28-21(16-4-2-9-22-12-16)27(19-5-1-3-14-8-10-23-20(14)19)26-17-7-6-15-13-24-25-18(15)11-17/h1-13,23,26H,(H,24,25). The van der Waals surface area contributed by atoms with Gasteiger partial charge in [-0.15, -0.1) is 0 Å². The lowest BCUT2D eigenvalue weighted by Crippen LogP contribution is -2.36. The van der Waals surface area contributed by atoms with Crippen LogP contribution in [0, 0.1) is 0 Å². The molecule has 3 heterocycles. The highest BCUT2D eigenvalue weighted by Gasteiger charge is 2.21. The van der Waals surface area contributed by atoms with Gasteiger partial charge in [0.25, 0.3) is 5.91 Å². The molecule has 3 aromatic heterocycles. The number of rotatable bonds is 4. The molecule has 0 bridgehead atoms. The molecule has 5 rings (SSSR count). The van der Waals surface area contributed by atoms with Crippen molar-refractivity contribution in [1.82, 2.24) is 20.2 Å². The van der Waals surface area contributed by atoms with Gasteiger partial charge < -0.3 is 4.98 Å². The number of nitrogens with one attached hydrogen (secondary N) is 3. The Morgan fingerprint density at radius 1 is 1.00 bits per heavy atom. The number of pyridine rings is 1. The molecule has 0 aliphatic carbocycles. The van der Waals surface area contributed by atoms with E-state index in [2.05, 4.69) is 25.6 Å². The molecular weight excluding hydrogens is 352 g/mol. The second-order valence-corrected chi connectivity index (χ2v) is 6.39. The zero-order valence-corrected chi connectivity index (χ0v) is 14.8. The molecule has 0 aliphatic rings. The Balaban J connectivity index is 1.61. The van der Waals surface area contributed by atoms with Crippen LogP contribution < -0.4 is 10.4 Å². The van der Waals surface area contributed by atoms with Crippen molar-refractivity contribution in [2.75, 3.05) is 10.4 Å². The third-order valence-electron chi connectivity index (χ3n) is 4.60. The van der Waals surface area contributed by atoms with Crippen molar-refractivity contribution in [3.63, 3.8) is 0 Å². The smallest absolute Gasteiger partial charge is 0.278 e. The third kappa shape index (κ3) is 2.75. The molecule has 2 aromatic carbocycles. The van der Waals surface area contributed by atoms with E-state index in [4.69, 9.17) is 0 Å². The van der Waals surface area contributed by atoms with Gasteiger partial charge in [-0.1, -0.05) is 12.1 Å². The van der Waals surface area contributed by atoms with E-state index in [0.717, 1.165) is 33.2 Å². The number of nitrogens with zero attached hydrogens (tertiary/aromatic N) is 3. The van der Waals surface area contributed by atoms with E-state index in [9.17, 15) is 4.79 Å². The van der Waals surface area contributed by atoms with Gasteiger partial charge in [0.2, 0.25) is 0 Å². The largest absolute Gasteiger partial charge is 0.359 e. The van der Waals surface area contributed by atoms with Gasteiger partial charge in [0.1, 0.15) is 0 Å². The highest BCUT2D eigenvalue weighted by molar-refractivity contribution is 6.11. The number of carbonyl (C=O) groups is 1. The molecule has 0 saturated carbocycles. The Kier molecular flexibility index (Phi) is 3.76. The molecule has 0 saturated heterocycles. The van der Waals surface area contributed by atoms with Gasteiger partial charge in [-0.05, 0) is 42.5 Å². The number of aromatic amines is 2. The van der Waals surface area contributed by atoms with Crippen molar-refractivity contribution < 1.29 is 4.79 Å². The number of H-pyrrole nitrogens is 2. The minimum absolute atomic E-state index is 0.208. The van der Waals surface area contributed by atoms with Crippen molar-refractivity contribution in [2.24, 2.45) is 0 Å². The maximum absolute atomic E-state index is 13.3. The van der Waals surface area contributed by atoms with E-state index >= 15 is 0 Å². The summed E-state index contributed by atoms with van der Waals surface area (Å²) in [4.78, 5) is 20.6. The first-order chi connectivity index (χ1) is 13.8. The number of amides is 1. The number of anilines is 2. The van der Waals surface area contributed by atoms with Crippen LogP contribution in [0.2, 0.25) is 0 Å². The first kappa shape index (κ1) is 16.1. The van der Waals surface area contributed by atoms with Gasteiger partial charge in [0.15, 0.2) is 0 Å². The zero-order valence-electron chi connectivity index (χ0n) is 14.8. The van der Waals surface area contributed by atoms with Crippen LogP contribution in [0.5, 0.6) is 0 Å². The first-order valence-electron chi connectivity index (χ1n) is 8.80. The van der Waals surface area contributed by atoms with Crippen LogP contribution in [0.15, 0.2) is 79.4 Å². The molecule has 0 aliphatic heterocycles. The minimum atomic E-state index is -0.208. The lowest BCUT2D eigenvalue weighted by atomic mass is 10.2. The highest BCUT2D eigenvalue weighted by atomic mass is 16.2. The molecule has 0 radical (unpaired) electrons. The number of hydrazine groups is 1. The lowest BCUT2D eigenvalue weighted by Gasteiger charge is -2.25. The van der Waals surface area contributed by atoms with Gasteiger partial charge >= 0.3 is 0 Å². The quantitative estimate of drug-likeness (QED) is 0.416. The molecule has 3 N–H and O–H groups in total. The van der Waals surface area contributed by atoms with Crippen LogP contribution in [0.3, 0.4) is 0 Å². The molecule has 7 heteroatoms. The summed E-state index contributed by atoms with van der Waals surface area (Å²) in [6.45, 7) is 0. The van der Waals surface area contributed by atoms with Crippen LogP contribution in [0.1, 0.15) is 10.4 Å². The number of aromatic nitrogens is 4. The molecule has 0 fully saturated rings. The SMILES string of the molecule is O=C(c1cccnc1)N(Nc1ccc2cn[nH]c2c1)c1cccc2cc[nH]c12. The fraction of sp³-hybridized carbons (Fsp3) is 0. The predicted octanol–water partition coefficient (Wildman–Crippen LogP) is 4.11. The van der Waals surface area contributed by atoms with E-state index in [1.165, 1.54) is 5.01 Å². The molecule has 0 spiro atoms. The molecule has 0 atom stereocenters. The van der Waals surface area contributed by atoms with Gasteiger partial charge in [-0.2, -0.15) is 5.10 Å². The zero-order chi connectivity index (χ0) is 18.9. The van der Waals surface area contributed by atoms with Crippen molar-refractivity contribution in [3.8, 4) is 0 Å². The summed E-state index contributed by atoms with van der Waals surface area (Å²) in [5, 5.41) is 10.6. The van der Waals surface area contributed by atoms with Crippen LogP contribution >= 0.6 is 0 Å². The van der Waals surface area contributed by atoms with Crippen LogP contribution in [0.4, 0.5) is 11.4 Å². The summed E-state index contributed by atoms with van der Waals surface area (Å²) in [6, 6.07) is 17.1. The Morgan fingerprint density at radius 3 is 2.86 bits per heavy atom. The Labute approximate surface area is 160 Å². The highest BCUT2D eigenvalue weighted by Crippen LogP contribution is 2.28. The third-order valence-corrected chi connectivity index (χ3v) is 4.60. The second-order valence-electron chi connectivity index (χ2n) is 6.39. The lowest BCUT2D eigenvalue weighted by molar-refractivity contribution is 0.0992. The first-order valence-corrected chi connectivity index (χ1v) is 8.80. The molecule has 1 amide bonds.